The van der Waals surface area contributed by atoms with E-state index in [4.69, 9.17) is 4.74 Å². The number of hydrogen-bond donors (Lipinski definition) is 0. The van der Waals surface area contributed by atoms with Gasteiger partial charge in [0.2, 0.25) is 0 Å². The summed E-state index contributed by atoms with van der Waals surface area (Å²) in [5.41, 5.74) is 2.32. The van der Waals surface area contributed by atoms with E-state index in [2.05, 4.69) is 5.10 Å². The van der Waals surface area contributed by atoms with E-state index in [9.17, 15) is 9.59 Å². The number of rotatable bonds is 4. The molecular weight excluding hydrogens is 268 g/mol. The fraction of sp³-hybridized carbons (Fsp3) is 0.312. The maximum absolute atomic E-state index is 11.9. The van der Waals surface area contributed by atoms with Gasteiger partial charge in [0, 0.05) is 11.6 Å². The number of aryl methyl sites for hydroxylation is 1. The second kappa shape index (κ2) is 6.35. The molecule has 21 heavy (non-hydrogen) atoms. The summed E-state index contributed by atoms with van der Waals surface area (Å²) in [4.78, 5) is 23.7. The van der Waals surface area contributed by atoms with Crippen molar-refractivity contribution in [3.05, 3.63) is 52.3 Å². The molecule has 0 aliphatic heterocycles. The highest BCUT2D eigenvalue weighted by atomic mass is 16.5. The van der Waals surface area contributed by atoms with Crippen LogP contribution in [-0.2, 0) is 9.53 Å². The van der Waals surface area contributed by atoms with Crippen LogP contribution < -0.4 is 5.56 Å². The molecular formula is C16H18N2O3. The van der Waals surface area contributed by atoms with E-state index in [0.717, 1.165) is 11.1 Å². The average Bonchev–Trinajstić information content (AvgIpc) is 2.48. The number of hydrogen-bond acceptors (Lipinski definition) is 4. The number of carbonyl (C=O) groups excluding carboxylic acids is 1. The largest absolute Gasteiger partial charge is 0.464 e. The molecule has 0 saturated heterocycles. The summed E-state index contributed by atoms with van der Waals surface area (Å²) in [6.07, 6.45) is 0. The molecule has 0 saturated carbocycles. The van der Waals surface area contributed by atoms with Crippen molar-refractivity contribution in [3.8, 4) is 11.3 Å². The Hall–Kier alpha value is -2.43. The molecule has 2 rings (SSSR count). The van der Waals surface area contributed by atoms with Gasteiger partial charge in [0.25, 0.3) is 5.56 Å². The van der Waals surface area contributed by atoms with Crippen LogP contribution in [0.4, 0.5) is 0 Å². The quantitative estimate of drug-likeness (QED) is 0.809. The molecule has 0 fully saturated rings. The molecule has 110 valence electrons. The Kier molecular flexibility index (Phi) is 4.52. The van der Waals surface area contributed by atoms with Gasteiger partial charge in [0.1, 0.15) is 0 Å². The zero-order valence-electron chi connectivity index (χ0n) is 12.4. The lowest BCUT2D eigenvalue weighted by Crippen LogP contribution is -2.31. The molecule has 1 aromatic heterocycles. The summed E-state index contributed by atoms with van der Waals surface area (Å²) in [5, 5.41) is 4.31. The van der Waals surface area contributed by atoms with Gasteiger partial charge in [-0.1, -0.05) is 24.3 Å². The SMILES string of the molecule is CCOC(=O)[C@H](C)n1nc(-c2ccccc2C)ccc1=O. The Balaban J connectivity index is 2.45. The molecule has 2 aromatic rings. The molecule has 0 aliphatic rings. The summed E-state index contributed by atoms with van der Waals surface area (Å²) >= 11 is 0. The van der Waals surface area contributed by atoms with Gasteiger partial charge in [-0.2, -0.15) is 5.10 Å². The predicted molar refractivity (Wildman–Crippen MR) is 80.0 cm³/mol. The minimum Gasteiger partial charge on any atom is -0.464 e. The number of benzene rings is 1. The molecule has 0 spiro atoms. The van der Waals surface area contributed by atoms with Crippen molar-refractivity contribution in [1.82, 2.24) is 9.78 Å². The molecule has 1 heterocycles. The van der Waals surface area contributed by atoms with Gasteiger partial charge in [-0.25, -0.2) is 9.48 Å². The van der Waals surface area contributed by atoms with Gasteiger partial charge in [-0.15, -0.1) is 0 Å². The summed E-state index contributed by atoms with van der Waals surface area (Å²) in [7, 11) is 0. The van der Waals surface area contributed by atoms with Crippen molar-refractivity contribution < 1.29 is 9.53 Å². The molecule has 1 aromatic carbocycles. The lowest BCUT2D eigenvalue weighted by Gasteiger charge is -2.14. The summed E-state index contributed by atoms with van der Waals surface area (Å²) in [6, 6.07) is 10.1. The first-order chi connectivity index (χ1) is 10.0. The van der Waals surface area contributed by atoms with Crippen LogP contribution in [0.25, 0.3) is 11.3 Å². The zero-order valence-corrected chi connectivity index (χ0v) is 12.4. The third-order valence-corrected chi connectivity index (χ3v) is 3.24. The highest BCUT2D eigenvalue weighted by Gasteiger charge is 2.19. The Morgan fingerprint density at radius 1 is 1.29 bits per heavy atom. The molecule has 0 radical (unpaired) electrons. The second-order valence-corrected chi connectivity index (χ2v) is 4.74. The summed E-state index contributed by atoms with van der Waals surface area (Å²) < 4.78 is 6.11. The van der Waals surface area contributed by atoms with E-state index >= 15 is 0 Å². The van der Waals surface area contributed by atoms with Crippen LogP contribution in [0, 0.1) is 6.92 Å². The smallest absolute Gasteiger partial charge is 0.330 e. The Morgan fingerprint density at radius 2 is 2.00 bits per heavy atom. The molecule has 0 aliphatic carbocycles. The molecule has 1 atom stereocenters. The first-order valence-electron chi connectivity index (χ1n) is 6.87. The fourth-order valence-electron chi connectivity index (χ4n) is 2.07. The minimum absolute atomic E-state index is 0.273. The van der Waals surface area contributed by atoms with E-state index in [0.29, 0.717) is 5.69 Å². The average molecular weight is 286 g/mol. The number of carbonyl (C=O) groups is 1. The van der Waals surface area contributed by atoms with Gasteiger partial charge >= 0.3 is 5.97 Å². The topological polar surface area (TPSA) is 61.2 Å². The van der Waals surface area contributed by atoms with E-state index in [1.807, 2.05) is 31.2 Å². The molecule has 5 heteroatoms. The predicted octanol–water partition coefficient (Wildman–Crippen LogP) is 2.34. The zero-order chi connectivity index (χ0) is 15.4. The fourth-order valence-corrected chi connectivity index (χ4v) is 2.07. The van der Waals surface area contributed by atoms with Crippen molar-refractivity contribution >= 4 is 5.97 Å². The first-order valence-corrected chi connectivity index (χ1v) is 6.87. The van der Waals surface area contributed by atoms with Crippen molar-refractivity contribution in [2.75, 3.05) is 6.61 Å². The number of ether oxygens (including phenoxy) is 1. The lowest BCUT2D eigenvalue weighted by molar-refractivity contribution is -0.147. The number of nitrogens with zero attached hydrogens (tertiary/aromatic N) is 2. The Labute approximate surface area is 123 Å². The maximum atomic E-state index is 11.9. The van der Waals surface area contributed by atoms with Crippen LogP contribution in [0.1, 0.15) is 25.5 Å². The molecule has 5 nitrogen and oxygen atoms in total. The molecule has 0 N–H and O–H groups in total. The highest BCUT2D eigenvalue weighted by molar-refractivity contribution is 5.73. The van der Waals surface area contributed by atoms with Crippen LogP contribution in [0.5, 0.6) is 0 Å². The minimum atomic E-state index is -0.749. The summed E-state index contributed by atoms with van der Waals surface area (Å²) in [6.45, 7) is 5.58. The normalized spacial score (nSPS) is 12.0. The number of esters is 1. The Bertz CT molecular complexity index is 707. The second-order valence-electron chi connectivity index (χ2n) is 4.74. The van der Waals surface area contributed by atoms with Gasteiger partial charge in [-0.05, 0) is 32.4 Å². The number of aromatic nitrogens is 2. The monoisotopic (exact) mass is 286 g/mol. The van der Waals surface area contributed by atoms with Crippen molar-refractivity contribution in [2.45, 2.75) is 26.8 Å². The molecule has 0 bridgehead atoms. The van der Waals surface area contributed by atoms with Crippen molar-refractivity contribution in [1.29, 1.82) is 0 Å². The highest BCUT2D eigenvalue weighted by Crippen LogP contribution is 2.20. The van der Waals surface area contributed by atoms with E-state index in [-0.39, 0.29) is 12.2 Å². The van der Waals surface area contributed by atoms with E-state index < -0.39 is 12.0 Å². The third-order valence-electron chi connectivity index (χ3n) is 3.24. The maximum Gasteiger partial charge on any atom is 0.330 e. The van der Waals surface area contributed by atoms with Crippen molar-refractivity contribution in [3.63, 3.8) is 0 Å². The third kappa shape index (κ3) is 3.18. The standard InChI is InChI=1S/C16H18N2O3/c1-4-21-16(20)12(3)18-15(19)10-9-14(17-18)13-8-6-5-7-11(13)2/h5-10,12H,4H2,1-3H3/t12-/m0/s1. The van der Waals surface area contributed by atoms with Gasteiger partial charge in [0.05, 0.1) is 12.3 Å². The van der Waals surface area contributed by atoms with E-state index in [1.165, 1.54) is 10.7 Å². The van der Waals surface area contributed by atoms with Gasteiger partial charge in [-0.3, -0.25) is 4.79 Å². The van der Waals surface area contributed by atoms with E-state index in [1.54, 1.807) is 19.9 Å². The van der Waals surface area contributed by atoms with Crippen LogP contribution in [0.2, 0.25) is 0 Å². The molecule has 0 unspecified atom stereocenters. The Morgan fingerprint density at radius 3 is 2.67 bits per heavy atom. The van der Waals surface area contributed by atoms with Crippen LogP contribution in [-0.4, -0.2) is 22.4 Å². The van der Waals surface area contributed by atoms with Crippen LogP contribution in [0.3, 0.4) is 0 Å². The van der Waals surface area contributed by atoms with Crippen molar-refractivity contribution in [2.24, 2.45) is 0 Å². The van der Waals surface area contributed by atoms with Crippen LogP contribution in [0.15, 0.2) is 41.2 Å². The lowest BCUT2D eigenvalue weighted by atomic mass is 10.1. The van der Waals surface area contributed by atoms with Gasteiger partial charge in [0.15, 0.2) is 6.04 Å². The van der Waals surface area contributed by atoms with Crippen LogP contribution >= 0.6 is 0 Å². The molecule has 0 amide bonds. The summed E-state index contributed by atoms with van der Waals surface area (Å²) in [5.74, 6) is -0.464. The first kappa shape index (κ1) is 15.0. The van der Waals surface area contributed by atoms with Gasteiger partial charge < -0.3 is 4.74 Å².